The van der Waals surface area contributed by atoms with Crippen LogP contribution in [0.4, 0.5) is 4.79 Å². The average molecular weight is 306 g/mol. The third kappa shape index (κ3) is 4.28. The predicted molar refractivity (Wildman–Crippen MR) is 89.6 cm³/mol. The van der Waals surface area contributed by atoms with Crippen molar-refractivity contribution in [3.8, 4) is 0 Å². The normalized spacial score (nSPS) is 21.9. The van der Waals surface area contributed by atoms with Crippen LogP contribution in [0.3, 0.4) is 0 Å². The zero-order chi connectivity index (χ0) is 16.3. The van der Waals surface area contributed by atoms with Crippen LogP contribution in [-0.2, 0) is 4.74 Å². The zero-order valence-corrected chi connectivity index (χ0v) is 14.6. The van der Waals surface area contributed by atoms with Crippen LogP contribution >= 0.6 is 0 Å². The Balaban J connectivity index is 1.86. The number of hydrogen-bond acceptors (Lipinski definition) is 3. The van der Waals surface area contributed by atoms with E-state index in [0.717, 1.165) is 32.4 Å². The van der Waals surface area contributed by atoms with Gasteiger partial charge in [0, 0.05) is 18.8 Å². The number of hydrogen-bond donors (Lipinski definition) is 1. The van der Waals surface area contributed by atoms with E-state index in [1.165, 1.54) is 11.3 Å². The first-order valence-corrected chi connectivity index (χ1v) is 8.42. The number of nitrogens with one attached hydrogen (secondary N) is 1. The first-order valence-electron chi connectivity index (χ1n) is 8.42. The topological polar surface area (TPSA) is 41.6 Å². The van der Waals surface area contributed by atoms with Gasteiger partial charge in [0.2, 0.25) is 0 Å². The summed E-state index contributed by atoms with van der Waals surface area (Å²) >= 11 is 0. The molecule has 22 heavy (non-hydrogen) atoms. The van der Waals surface area contributed by atoms with Crippen molar-refractivity contribution < 1.29 is 9.53 Å². The van der Waals surface area contributed by atoms with E-state index in [2.05, 4.69) is 31.3 Å². The van der Waals surface area contributed by atoms with Crippen LogP contribution in [0.5, 0.6) is 0 Å². The largest absolute Gasteiger partial charge is 0.444 e. The summed E-state index contributed by atoms with van der Waals surface area (Å²) in [6.07, 6.45) is 7.69. The van der Waals surface area contributed by atoms with E-state index in [1.54, 1.807) is 0 Å². The molecule has 1 atom stereocenters. The fourth-order valence-corrected chi connectivity index (χ4v) is 2.86. The number of nitrogens with zero attached hydrogens (tertiary/aromatic N) is 1. The van der Waals surface area contributed by atoms with Gasteiger partial charge in [-0.3, -0.25) is 0 Å². The van der Waals surface area contributed by atoms with Crippen LogP contribution in [-0.4, -0.2) is 35.7 Å². The summed E-state index contributed by atoms with van der Waals surface area (Å²) in [5.41, 5.74) is 2.22. The molecule has 1 saturated heterocycles. The second-order valence-corrected chi connectivity index (χ2v) is 7.51. The maximum atomic E-state index is 12.1. The Hall–Kier alpha value is -1.45. The SMILES string of the molecule is CC(C)C1=CCCC=C1NCC1CCN1C(=O)OC(C)(C)C. The standard InChI is InChI=1S/C18H30N2O2/c1-13(2)15-8-6-7-9-16(15)19-12-14-10-11-20(14)17(21)22-18(3,4)5/h8-9,13-14,19H,6-7,10-12H2,1-5H3. The average Bonchev–Trinajstić information content (AvgIpc) is 2.35. The Labute approximate surface area is 134 Å². The molecule has 1 heterocycles. The highest BCUT2D eigenvalue weighted by atomic mass is 16.6. The van der Waals surface area contributed by atoms with Gasteiger partial charge in [-0.2, -0.15) is 0 Å². The highest BCUT2D eigenvalue weighted by Gasteiger charge is 2.35. The number of allylic oxidation sites excluding steroid dienone is 3. The molecule has 2 rings (SSSR count). The molecule has 0 aromatic carbocycles. The Morgan fingerprint density at radius 3 is 2.59 bits per heavy atom. The van der Waals surface area contributed by atoms with Gasteiger partial charge >= 0.3 is 6.09 Å². The fourth-order valence-electron chi connectivity index (χ4n) is 2.86. The van der Waals surface area contributed by atoms with Crippen molar-refractivity contribution in [1.29, 1.82) is 0 Å². The number of ether oxygens (including phenoxy) is 1. The summed E-state index contributed by atoms with van der Waals surface area (Å²) in [4.78, 5) is 14.0. The van der Waals surface area contributed by atoms with Crippen molar-refractivity contribution in [2.45, 2.75) is 65.5 Å². The minimum atomic E-state index is -0.426. The van der Waals surface area contributed by atoms with Gasteiger partial charge in [-0.15, -0.1) is 0 Å². The van der Waals surface area contributed by atoms with E-state index < -0.39 is 5.60 Å². The summed E-state index contributed by atoms with van der Waals surface area (Å²) in [6.45, 7) is 11.8. The maximum Gasteiger partial charge on any atom is 0.410 e. The van der Waals surface area contributed by atoms with Gasteiger partial charge in [-0.1, -0.05) is 26.0 Å². The molecule has 1 amide bonds. The lowest BCUT2D eigenvalue weighted by molar-refractivity contribution is -0.00451. The van der Waals surface area contributed by atoms with Gasteiger partial charge in [0.1, 0.15) is 5.60 Å². The molecule has 2 aliphatic rings. The number of carbonyl (C=O) groups excluding carboxylic acids is 1. The Morgan fingerprint density at radius 1 is 1.36 bits per heavy atom. The van der Waals surface area contributed by atoms with Crippen LogP contribution in [0.1, 0.15) is 53.9 Å². The Bertz CT molecular complexity index is 472. The summed E-state index contributed by atoms with van der Waals surface area (Å²) in [5.74, 6) is 0.530. The molecule has 1 fully saturated rings. The van der Waals surface area contributed by atoms with Crippen molar-refractivity contribution in [2.75, 3.05) is 13.1 Å². The second-order valence-electron chi connectivity index (χ2n) is 7.51. The Morgan fingerprint density at radius 2 is 2.05 bits per heavy atom. The molecular weight excluding hydrogens is 276 g/mol. The molecule has 1 N–H and O–H groups in total. The van der Waals surface area contributed by atoms with Crippen LogP contribution in [0.15, 0.2) is 23.4 Å². The lowest BCUT2D eigenvalue weighted by Gasteiger charge is -2.42. The van der Waals surface area contributed by atoms with E-state index in [4.69, 9.17) is 4.74 Å². The van der Waals surface area contributed by atoms with Crippen LogP contribution in [0.25, 0.3) is 0 Å². The minimum Gasteiger partial charge on any atom is -0.444 e. The maximum absolute atomic E-state index is 12.1. The van der Waals surface area contributed by atoms with Gasteiger partial charge < -0.3 is 15.0 Å². The zero-order valence-electron chi connectivity index (χ0n) is 14.6. The van der Waals surface area contributed by atoms with Crippen LogP contribution < -0.4 is 5.32 Å². The molecule has 1 aliphatic heterocycles. The molecule has 124 valence electrons. The van der Waals surface area contributed by atoms with Crippen LogP contribution in [0.2, 0.25) is 0 Å². The van der Waals surface area contributed by atoms with Crippen molar-refractivity contribution in [2.24, 2.45) is 5.92 Å². The van der Waals surface area contributed by atoms with Gasteiger partial charge in [0.25, 0.3) is 0 Å². The van der Waals surface area contributed by atoms with E-state index in [9.17, 15) is 4.79 Å². The molecule has 0 radical (unpaired) electrons. The van der Waals surface area contributed by atoms with Crippen molar-refractivity contribution in [3.05, 3.63) is 23.4 Å². The molecule has 0 aromatic heterocycles. The quantitative estimate of drug-likeness (QED) is 0.858. The lowest BCUT2D eigenvalue weighted by Crippen LogP contribution is -2.56. The van der Waals surface area contributed by atoms with E-state index in [0.29, 0.717) is 5.92 Å². The molecule has 1 unspecified atom stereocenters. The van der Waals surface area contributed by atoms with E-state index in [1.807, 2.05) is 25.7 Å². The summed E-state index contributed by atoms with van der Waals surface area (Å²) < 4.78 is 5.46. The van der Waals surface area contributed by atoms with Crippen LogP contribution in [0, 0.1) is 5.92 Å². The lowest BCUT2D eigenvalue weighted by atomic mass is 9.93. The third-order valence-corrected chi connectivity index (χ3v) is 4.11. The van der Waals surface area contributed by atoms with Crippen molar-refractivity contribution >= 4 is 6.09 Å². The minimum absolute atomic E-state index is 0.192. The number of carbonyl (C=O) groups is 1. The number of likely N-dealkylation sites (tertiary alicyclic amines) is 1. The molecular formula is C18H30N2O2. The number of amides is 1. The van der Waals surface area contributed by atoms with Gasteiger partial charge in [0.15, 0.2) is 0 Å². The Kier molecular flexibility index (Phi) is 5.20. The summed E-state index contributed by atoms with van der Waals surface area (Å²) in [7, 11) is 0. The third-order valence-electron chi connectivity index (χ3n) is 4.11. The summed E-state index contributed by atoms with van der Waals surface area (Å²) in [5, 5.41) is 3.55. The highest BCUT2D eigenvalue weighted by Crippen LogP contribution is 2.25. The molecule has 0 spiro atoms. The van der Waals surface area contributed by atoms with E-state index in [-0.39, 0.29) is 12.1 Å². The fraction of sp³-hybridized carbons (Fsp3) is 0.722. The molecule has 4 heteroatoms. The van der Waals surface area contributed by atoms with Crippen molar-refractivity contribution in [1.82, 2.24) is 10.2 Å². The first kappa shape index (κ1) is 16.9. The van der Waals surface area contributed by atoms with Gasteiger partial charge in [-0.25, -0.2) is 4.79 Å². The molecule has 0 saturated carbocycles. The molecule has 0 bridgehead atoms. The number of rotatable bonds is 4. The highest BCUT2D eigenvalue weighted by molar-refractivity contribution is 5.69. The monoisotopic (exact) mass is 306 g/mol. The molecule has 0 aromatic rings. The molecule has 4 nitrogen and oxygen atoms in total. The summed E-state index contributed by atoms with van der Waals surface area (Å²) in [6, 6.07) is 0.242. The molecule has 1 aliphatic carbocycles. The van der Waals surface area contributed by atoms with E-state index >= 15 is 0 Å². The smallest absolute Gasteiger partial charge is 0.410 e. The predicted octanol–water partition coefficient (Wildman–Crippen LogP) is 3.85. The first-order chi connectivity index (χ1) is 10.3. The second kappa shape index (κ2) is 6.76. The van der Waals surface area contributed by atoms with Gasteiger partial charge in [-0.05, 0) is 51.5 Å². The van der Waals surface area contributed by atoms with Gasteiger partial charge in [0.05, 0.1) is 6.04 Å². The van der Waals surface area contributed by atoms with Crippen molar-refractivity contribution in [3.63, 3.8) is 0 Å².